The normalized spacial score (nSPS) is 15.9. The molecule has 0 aromatic carbocycles. The first-order valence-corrected chi connectivity index (χ1v) is 6.99. The number of pyridine rings is 1. The van der Waals surface area contributed by atoms with Gasteiger partial charge in [0.05, 0.1) is 28.8 Å². The molecule has 0 saturated carbocycles. The van der Waals surface area contributed by atoms with Crippen LogP contribution in [0.2, 0.25) is 0 Å². The van der Waals surface area contributed by atoms with Crippen LogP contribution in [0.15, 0.2) is 53.1 Å². The van der Waals surface area contributed by atoms with Gasteiger partial charge >= 0.3 is 11.9 Å². The minimum Gasteiger partial charge on any atom is -0.478 e. The van der Waals surface area contributed by atoms with Gasteiger partial charge in [-0.05, 0) is 26.0 Å². The molecule has 1 aliphatic heterocycles. The predicted octanol–water partition coefficient (Wildman–Crippen LogP) is 1.74. The van der Waals surface area contributed by atoms with Gasteiger partial charge in [-0.3, -0.25) is 0 Å². The van der Waals surface area contributed by atoms with Gasteiger partial charge < -0.3 is 15.5 Å². The lowest BCUT2D eigenvalue weighted by molar-refractivity contribution is -0.133. The third-order valence-corrected chi connectivity index (χ3v) is 3.99. The summed E-state index contributed by atoms with van der Waals surface area (Å²) in [6.45, 7) is 3.26. The van der Waals surface area contributed by atoms with Crippen LogP contribution in [0.5, 0.6) is 0 Å². The molecule has 3 heterocycles. The zero-order chi connectivity index (χ0) is 16.7. The maximum atomic E-state index is 11.7. The summed E-state index contributed by atoms with van der Waals surface area (Å²) in [4.78, 5) is 23.5. The highest BCUT2D eigenvalue weighted by Gasteiger charge is 2.37. The number of nitrogens with one attached hydrogen (secondary N) is 1. The molecule has 0 fully saturated rings. The number of hydrogen-bond acceptors (Lipinski definition) is 4. The monoisotopic (exact) mass is 313 g/mol. The number of allylic oxidation sites excluding steroid dienone is 2. The quantitative estimate of drug-likeness (QED) is 0.797. The number of dihydropyridines is 1. The Hall–Kier alpha value is -3.09. The molecule has 0 amide bonds. The van der Waals surface area contributed by atoms with Crippen molar-refractivity contribution < 1.29 is 19.8 Å². The Bertz CT molecular complexity index is 856. The molecule has 0 saturated heterocycles. The maximum absolute atomic E-state index is 11.7. The van der Waals surface area contributed by atoms with Crippen molar-refractivity contribution in [3.8, 4) is 0 Å². The molecule has 0 atom stereocenters. The van der Waals surface area contributed by atoms with E-state index in [2.05, 4.69) is 10.4 Å². The zero-order valence-electron chi connectivity index (χ0n) is 12.6. The van der Waals surface area contributed by atoms with E-state index in [0.717, 1.165) is 0 Å². The van der Waals surface area contributed by atoms with Crippen molar-refractivity contribution in [1.82, 2.24) is 14.9 Å². The molecule has 1 aliphatic rings. The summed E-state index contributed by atoms with van der Waals surface area (Å²) < 4.78 is 1.60. The molecule has 7 nitrogen and oxygen atoms in total. The molecule has 23 heavy (non-hydrogen) atoms. The molecule has 0 spiro atoms. The number of carboxylic acid groups (broad SMARTS) is 2. The van der Waals surface area contributed by atoms with E-state index < -0.39 is 17.9 Å². The van der Waals surface area contributed by atoms with Gasteiger partial charge in [0.25, 0.3) is 0 Å². The second-order valence-corrected chi connectivity index (χ2v) is 5.38. The number of aliphatic carboxylic acids is 2. The standard InChI is InChI=1S/C16H15N3O4/c1-8-12(15(20)21)14(13(16(22)23)9(2)18-8)10-7-17-19-6-4-3-5-11(10)19/h3-7,14,18H,1-2H3,(H,20,21)(H,22,23). The summed E-state index contributed by atoms with van der Waals surface area (Å²) in [6.07, 6.45) is 3.26. The Kier molecular flexibility index (Phi) is 3.40. The maximum Gasteiger partial charge on any atom is 0.334 e. The molecule has 0 radical (unpaired) electrons. The summed E-state index contributed by atoms with van der Waals surface area (Å²) in [5.41, 5.74) is 2.14. The molecule has 3 N–H and O–H groups in total. The van der Waals surface area contributed by atoms with Crippen LogP contribution in [0, 0.1) is 0 Å². The van der Waals surface area contributed by atoms with Crippen molar-refractivity contribution >= 4 is 17.5 Å². The molecule has 7 heteroatoms. The van der Waals surface area contributed by atoms with Crippen LogP contribution in [0.1, 0.15) is 25.3 Å². The van der Waals surface area contributed by atoms with Gasteiger partial charge in [-0.1, -0.05) is 6.07 Å². The van der Waals surface area contributed by atoms with Gasteiger partial charge in [0, 0.05) is 23.2 Å². The van der Waals surface area contributed by atoms with E-state index in [9.17, 15) is 19.8 Å². The lowest BCUT2D eigenvalue weighted by Gasteiger charge is -2.28. The number of rotatable bonds is 3. The van der Waals surface area contributed by atoms with Gasteiger partial charge in [0.15, 0.2) is 0 Å². The highest BCUT2D eigenvalue weighted by molar-refractivity contribution is 5.99. The Labute approximate surface area is 131 Å². The number of fused-ring (bicyclic) bond motifs is 1. The van der Waals surface area contributed by atoms with Crippen LogP contribution in [0.3, 0.4) is 0 Å². The van der Waals surface area contributed by atoms with Crippen LogP contribution in [0.4, 0.5) is 0 Å². The summed E-state index contributed by atoms with van der Waals surface area (Å²) in [5, 5.41) is 26.2. The summed E-state index contributed by atoms with van der Waals surface area (Å²) in [6, 6.07) is 5.38. The van der Waals surface area contributed by atoms with Gasteiger partial charge in [-0.2, -0.15) is 5.10 Å². The zero-order valence-corrected chi connectivity index (χ0v) is 12.6. The predicted molar refractivity (Wildman–Crippen MR) is 81.7 cm³/mol. The van der Waals surface area contributed by atoms with Gasteiger partial charge in [0.2, 0.25) is 0 Å². The smallest absolute Gasteiger partial charge is 0.334 e. The Morgan fingerprint density at radius 1 is 1.13 bits per heavy atom. The molecule has 118 valence electrons. The molecule has 0 bridgehead atoms. The molecule has 2 aromatic heterocycles. The van der Waals surface area contributed by atoms with Gasteiger partial charge in [0.1, 0.15) is 0 Å². The van der Waals surface area contributed by atoms with Crippen LogP contribution in [-0.2, 0) is 9.59 Å². The number of hydrogen-bond donors (Lipinski definition) is 3. The first-order valence-electron chi connectivity index (χ1n) is 6.99. The first-order chi connectivity index (χ1) is 10.9. The Morgan fingerprint density at radius 2 is 1.74 bits per heavy atom. The largest absolute Gasteiger partial charge is 0.478 e. The molecular weight excluding hydrogens is 298 g/mol. The lowest BCUT2D eigenvalue weighted by Crippen LogP contribution is -2.30. The van der Waals surface area contributed by atoms with Crippen molar-refractivity contribution in [2.24, 2.45) is 0 Å². The molecule has 2 aromatic rings. The van der Waals surface area contributed by atoms with E-state index in [-0.39, 0.29) is 11.1 Å². The highest BCUT2D eigenvalue weighted by Crippen LogP contribution is 2.39. The minimum absolute atomic E-state index is 0.0201. The van der Waals surface area contributed by atoms with Crippen molar-refractivity contribution in [3.05, 3.63) is 58.7 Å². The van der Waals surface area contributed by atoms with Crippen molar-refractivity contribution in [2.45, 2.75) is 19.8 Å². The average Bonchev–Trinajstić information content (AvgIpc) is 2.89. The molecular formula is C16H15N3O4. The van der Waals surface area contributed by atoms with Crippen LogP contribution < -0.4 is 5.32 Å². The summed E-state index contributed by atoms with van der Waals surface area (Å²) in [7, 11) is 0. The lowest BCUT2D eigenvalue weighted by atomic mass is 9.81. The Morgan fingerprint density at radius 3 is 2.30 bits per heavy atom. The van der Waals surface area contributed by atoms with Crippen molar-refractivity contribution in [1.29, 1.82) is 0 Å². The van der Waals surface area contributed by atoms with E-state index in [1.165, 1.54) is 6.20 Å². The highest BCUT2D eigenvalue weighted by atomic mass is 16.4. The average molecular weight is 313 g/mol. The van der Waals surface area contributed by atoms with Gasteiger partial charge in [-0.15, -0.1) is 0 Å². The van der Waals surface area contributed by atoms with Crippen LogP contribution in [0.25, 0.3) is 5.52 Å². The minimum atomic E-state index is -1.15. The third-order valence-electron chi connectivity index (χ3n) is 3.99. The van der Waals surface area contributed by atoms with Crippen molar-refractivity contribution in [3.63, 3.8) is 0 Å². The summed E-state index contributed by atoms with van der Waals surface area (Å²) in [5.74, 6) is -3.19. The molecule has 0 unspecified atom stereocenters. The molecule has 3 rings (SSSR count). The van der Waals surface area contributed by atoms with E-state index in [4.69, 9.17) is 0 Å². The topological polar surface area (TPSA) is 104 Å². The molecule has 0 aliphatic carbocycles. The van der Waals surface area contributed by atoms with E-state index >= 15 is 0 Å². The van der Waals surface area contributed by atoms with E-state index in [0.29, 0.717) is 22.5 Å². The van der Waals surface area contributed by atoms with Crippen LogP contribution >= 0.6 is 0 Å². The van der Waals surface area contributed by atoms with E-state index in [1.54, 1.807) is 42.8 Å². The summed E-state index contributed by atoms with van der Waals surface area (Å²) >= 11 is 0. The number of aromatic nitrogens is 2. The van der Waals surface area contributed by atoms with Crippen LogP contribution in [-0.4, -0.2) is 31.8 Å². The fraction of sp³-hybridized carbons (Fsp3) is 0.188. The SMILES string of the molecule is CC1=C(C(=O)O)C(c2cnn3ccccc23)C(C(=O)O)=C(C)N1. The van der Waals surface area contributed by atoms with E-state index in [1.807, 2.05) is 0 Å². The first kappa shape index (κ1) is 14.8. The van der Waals surface area contributed by atoms with Crippen molar-refractivity contribution in [2.75, 3.05) is 0 Å². The number of carboxylic acids is 2. The third kappa shape index (κ3) is 2.26. The fourth-order valence-corrected chi connectivity index (χ4v) is 3.05. The second-order valence-electron chi connectivity index (χ2n) is 5.38. The number of carbonyl (C=O) groups is 2. The second kappa shape index (κ2) is 5.28. The fourth-order valence-electron chi connectivity index (χ4n) is 3.05. The Balaban J connectivity index is 2.31. The number of nitrogens with zero attached hydrogens (tertiary/aromatic N) is 2. The van der Waals surface area contributed by atoms with Gasteiger partial charge in [-0.25, -0.2) is 14.1 Å².